The Labute approximate surface area is 293 Å². The Bertz CT molecular complexity index is 3150. The van der Waals surface area contributed by atoms with Gasteiger partial charge < -0.3 is 13.9 Å². The molecule has 9 aromatic carbocycles. The highest BCUT2D eigenvalue weighted by Gasteiger charge is 2.24. The molecule has 0 bridgehead atoms. The van der Waals surface area contributed by atoms with Crippen molar-refractivity contribution in [2.24, 2.45) is 0 Å². The number of anilines is 3. The largest absolute Gasteiger partial charge is 0.456 e. The van der Waals surface area contributed by atoms with Crippen molar-refractivity contribution >= 4 is 93.1 Å². The van der Waals surface area contributed by atoms with Gasteiger partial charge >= 0.3 is 0 Å². The summed E-state index contributed by atoms with van der Waals surface area (Å²) in [7, 11) is 0. The molecule has 0 radical (unpaired) electrons. The molecule has 2 heterocycles. The first-order valence-corrected chi connectivity index (χ1v) is 17.4. The SMILES string of the molecule is c1ccc(-n2c3ccccc3c3c(N(c4ccc5c(c4)oc4ccccc45)c4cc5c6ccccc6ccc5c5ccccc45)cccc32)cc1. The Morgan fingerprint density at radius 2 is 1.02 bits per heavy atom. The van der Waals surface area contributed by atoms with Crippen LogP contribution in [0.1, 0.15) is 0 Å². The van der Waals surface area contributed by atoms with E-state index < -0.39 is 0 Å². The lowest BCUT2D eigenvalue weighted by Gasteiger charge is -2.28. The minimum Gasteiger partial charge on any atom is -0.456 e. The van der Waals surface area contributed by atoms with Gasteiger partial charge in [-0.05, 0) is 81.5 Å². The van der Waals surface area contributed by atoms with E-state index in [1.807, 2.05) is 12.1 Å². The average molecular weight is 651 g/mol. The lowest BCUT2D eigenvalue weighted by atomic mass is 9.95. The molecule has 0 amide bonds. The summed E-state index contributed by atoms with van der Waals surface area (Å²) in [6, 6.07) is 65.6. The molecule has 11 aromatic rings. The molecule has 0 unspecified atom stereocenters. The predicted molar refractivity (Wildman–Crippen MR) is 215 cm³/mol. The third-order valence-corrected chi connectivity index (χ3v) is 10.5. The van der Waals surface area contributed by atoms with E-state index in [0.29, 0.717) is 0 Å². The number of furan rings is 1. The van der Waals surface area contributed by atoms with Crippen LogP contribution in [0.5, 0.6) is 0 Å². The van der Waals surface area contributed by atoms with Crippen molar-refractivity contribution in [3.63, 3.8) is 0 Å². The van der Waals surface area contributed by atoms with E-state index in [9.17, 15) is 0 Å². The van der Waals surface area contributed by atoms with Gasteiger partial charge in [0, 0.05) is 44.4 Å². The molecule has 3 heteroatoms. The molecule has 0 atom stereocenters. The summed E-state index contributed by atoms with van der Waals surface area (Å²) in [6.45, 7) is 0. The summed E-state index contributed by atoms with van der Waals surface area (Å²) >= 11 is 0. The van der Waals surface area contributed by atoms with Crippen molar-refractivity contribution in [2.45, 2.75) is 0 Å². The smallest absolute Gasteiger partial charge is 0.137 e. The zero-order valence-electron chi connectivity index (χ0n) is 27.6. The van der Waals surface area contributed by atoms with Crippen LogP contribution in [0.4, 0.5) is 17.1 Å². The molecular weight excluding hydrogens is 621 g/mol. The molecule has 0 fully saturated rings. The molecule has 11 rings (SSSR count). The number of para-hydroxylation sites is 3. The van der Waals surface area contributed by atoms with Gasteiger partial charge in [0.1, 0.15) is 11.2 Å². The van der Waals surface area contributed by atoms with Gasteiger partial charge in [-0.2, -0.15) is 0 Å². The Morgan fingerprint density at radius 1 is 0.373 bits per heavy atom. The Kier molecular flexibility index (Phi) is 5.96. The fraction of sp³-hybridized carbons (Fsp3) is 0. The highest BCUT2D eigenvalue weighted by molar-refractivity contribution is 6.23. The molecule has 51 heavy (non-hydrogen) atoms. The normalized spacial score (nSPS) is 11.9. The predicted octanol–water partition coefficient (Wildman–Crippen LogP) is 13.6. The summed E-state index contributed by atoms with van der Waals surface area (Å²) in [4.78, 5) is 2.46. The molecule has 0 saturated carbocycles. The zero-order chi connectivity index (χ0) is 33.5. The van der Waals surface area contributed by atoms with Crippen LogP contribution >= 0.6 is 0 Å². The fourth-order valence-electron chi connectivity index (χ4n) is 8.33. The van der Waals surface area contributed by atoms with E-state index in [4.69, 9.17) is 4.42 Å². The van der Waals surface area contributed by atoms with Crippen LogP contribution in [0.3, 0.4) is 0 Å². The number of nitrogens with zero attached hydrogens (tertiary/aromatic N) is 2. The molecule has 0 spiro atoms. The van der Waals surface area contributed by atoms with E-state index in [1.54, 1.807) is 0 Å². The Balaban J connectivity index is 1.30. The second-order valence-corrected chi connectivity index (χ2v) is 13.3. The second kappa shape index (κ2) is 10.8. The quantitative estimate of drug-likeness (QED) is 0.177. The summed E-state index contributed by atoms with van der Waals surface area (Å²) in [5, 5.41) is 12.0. The van der Waals surface area contributed by atoms with Crippen molar-refractivity contribution in [1.82, 2.24) is 4.57 Å². The second-order valence-electron chi connectivity index (χ2n) is 13.3. The van der Waals surface area contributed by atoms with Crippen LogP contribution in [0.25, 0.3) is 81.7 Å². The summed E-state index contributed by atoms with van der Waals surface area (Å²) in [6.07, 6.45) is 0. The number of hydrogen-bond donors (Lipinski definition) is 0. The molecule has 0 aliphatic heterocycles. The number of aromatic nitrogens is 1. The first-order valence-electron chi connectivity index (χ1n) is 17.4. The van der Waals surface area contributed by atoms with Crippen molar-refractivity contribution < 1.29 is 4.42 Å². The first kappa shape index (κ1) is 28.0. The fourth-order valence-corrected chi connectivity index (χ4v) is 8.33. The van der Waals surface area contributed by atoms with Crippen LogP contribution in [-0.4, -0.2) is 4.57 Å². The maximum Gasteiger partial charge on any atom is 0.137 e. The minimum atomic E-state index is 0.869. The molecule has 0 aliphatic carbocycles. The van der Waals surface area contributed by atoms with Gasteiger partial charge in [0.15, 0.2) is 0 Å². The average Bonchev–Trinajstić information content (AvgIpc) is 3.74. The summed E-state index contributed by atoms with van der Waals surface area (Å²) in [5.41, 5.74) is 8.50. The van der Waals surface area contributed by atoms with E-state index in [0.717, 1.165) is 50.2 Å². The molecule has 238 valence electrons. The van der Waals surface area contributed by atoms with Crippen LogP contribution in [0, 0.1) is 0 Å². The lowest BCUT2D eigenvalue weighted by molar-refractivity contribution is 0.669. The third kappa shape index (κ3) is 4.12. The van der Waals surface area contributed by atoms with Gasteiger partial charge in [-0.3, -0.25) is 0 Å². The zero-order valence-corrected chi connectivity index (χ0v) is 27.6. The van der Waals surface area contributed by atoms with Crippen molar-refractivity contribution in [1.29, 1.82) is 0 Å². The van der Waals surface area contributed by atoms with Gasteiger partial charge in [-0.1, -0.05) is 121 Å². The Morgan fingerprint density at radius 3 is 1.90 bits per heavy atom. The topological polar surface area (TPSA) is 21.3 Å². The maximum atomic E-state index is 6.52. The monoisotopic (exact) mass is 650 g/mol. The number of fused-ring (bicyclic) bond motifs is 11. The number of benzene rings is 9. The van der Waals surface area contributed by atoms with Crippen molar-refractivity contribution in [2.75, 3.05) is 4.90 Å². The molecule has 3 nitrogen and oxygen atoms in total. The molecule has 0 N–H and O–H groups in total. The summed E-state index contributed by atoms with van der Waals surface area (Å²) < 4.78 is 8.91. The molecule has 0 aliphatic rings. The molecular formula is C48H30N2O. The molecule has 2 aromatic heterocycles. The number of rotatable bonds is 4. The highest BCUT2D eigenvalue weighted by Crippen LogP contribution is 2.48. The highest BCUT2D eigenvalue weighted by atomic mass is 16.3. The van der Waals surface area contributed by atoms with Crippen LogP contribution in [-0.2, 0) is 0 Å². The van der Waals surface area contributed by atoms with Crippen LogP contribution in [0.15, 0.2) is 186 Å². The van der Waals surface area contributed by atoms with E-state index in [-0.39, 0.29) is 0 Å². The summed E-state index contributed by atoms with van der Waals surface area (Å²) in [5.74, 6) is 0. The van der Waals surface area contributed by atoms with Gasteiger partial charge in [0.2, 0.25) is 0 Å². The van der Waals surface area contributed by atoms with E-state index in [2.05, 4.69) is 179 Å². The van der Waals surface area contributed by atoms with E-state index in [1.165, 1.54) is 48.6 Å². The maximum absolute atomic E-state index is 6.52. The van der Waals surface area contributed by atoms with E-state index >= 15 is 0 Å². The van der Waals surface area contributed by atoms with Gasteiger partial charge in [-0.15, -0.1) is 0 Å². The first-order chi connectivity index (χ1) is 25.3. The van der Waals surface area contributed by atoms with Crippen LogP contribution in [0.2, 0.25) is 0 Å². The third-order valence-electron chi connectivity index (χ3n) is 10.5. The van der Waals surface area contributed by atoms with Gasteiger partial charge in [-0.25, -0.2) is 0 Å². The standard InChI is InChI=1S/C48H30N2O/c1-2-14-32(15-3-1)49-42-21-10-8-20-40(42)48-43(49)22-12-23-44(48)50(33-26-28-39-38-19-9-11-24-46(38)51-47(39)29-33)45-30-41-34-16-5-4-13-31(34)25-27-36(41)35-17-6-7-18-37(35)45/h1-30H. The van der Waals surface area contributed by atoms with Crippen LogP contribution < -0.4 is 4.90 Å². The van der Waals surface area contributed by atoms with Gasteiger partial charge in [0.25, 0.3) is 0 Å². The molecule has 0 saturated heterocycles. The van der Waals surface area contributed by atoms with Crippen molar-refractivity contribution in [3.05, 3.63) is 182 Å². The number of hydrogen-bond acceptors (Lipinski definition) is 2. The van der Waals surface area contributed by atoms with Gasteiger partial charge in [0.05, 0.1) is 22.4 Å². The Hall–Kier alpha value is -6.84. The minimum absolute atomic E-state index is 0.869. The lowest BCUT2D eigenvalue weighted by Crippen LogP contribution is -2.11. The van der Waals surface area contributed by atoms with Crippen molar-refractivity contribution in [3.8, 4) is 5.69 Å².